The number of pyridine rings is 1. The minimum Gasteiger partial charge on any atom is -0.598 e. The maximum absolute atomic E-state index is 14.4. The molecule has 0 spiro atoms. The number of nitrogens with one attached hydrogen (secondary N) is 1. The maximum atomic E-state index is 14.4. The van der Waals surface area contributed by atoms with E-state index in [2.05, 4.69) is 25.6 Å². The monoisotopic (exact) mass is 436 g/mol. The number of carbonyl (C=O) groups is 1. The van der Waals surface area contributed by atoms with E-state index in [0.717, 1.165) is 0 Å². The number of hydrogen-bond acceptors (Lipinski definition) is 5. The third-order valence-electron chi connectivity index (χ3n) is 3.13. The molecule has 0 amide bonds. The van der Waals surface area contributed by atoms with Gasteiger partial charge in [0.25, 0.3) is 0 Å². The molecule has 1 rings (SSSR count). The number of carbonyl (C=O) groups excluding carboxylic acids is 1. The molecular weight excluding hydrogens is 411 g/mol. The van der Waals surface area contributed by atoms with Crippen molar-refractivity contribution in [3.05, 3.63) is 28.2 Å². The van der Waals surface area contributed by atoms with Crippen LogP contribution in [0.15, 0.2) is 16.7 Å². The molecule has 0 saturated heterocycles. The molecule has 0 aliphatic carbocycles. The van der Waals surface area contributed by atoms with E-state index in [-0.39, 0.29) is 12.1 Å². The van der Waals surface area contributed by atoms with E-state index >= 15 is 0 Å². The van der Waals surface area contributed by atoms with Gasteiger partial charge in [-0.25, -0.2) is 9.37 Å². The fraction of sp³-hybridized carbons (Fsp3) is 0.647. The average molecular weight is 437 g/mol. The molecule has 5 nitrogen and oxygen atoms in total. The fourth-order valence-electron chi connectivity index (χ4n) is 2.00. The molecule has 142 valence electrons. The van der Waals surface area contributed by atoms with Gasteiger partial charge in [-0.05, 0) is 76.5 Å². The lowest BCUT2D eigenvalue weighted by atomic mass is 9.93. The summed E-state index contributed by atoms with van der Waals surface area (Å²) >= 11 is 1.67. The van der Waals surface area contributed by atoms with Crippen molar-refractivity contribution in [3.8, 4) is 0 Å². The predicted molar refractivity (Wildman–Crippen MR) is 101 cm³/mol. The molecule has 0 saturated carbocycles. The summed E-state index contributed by atoms with van der Waals surface area (Å²) in [6.45, 7) is 12.2. The minimum atomic E-state index is -1.54. The fourth-order valence-corrected chi connectivity index (χ4v) is 3.19. The third kappa shape index (κ3) is 6.84. The highest BCUT2D eigenvalue weighted by Gasteiger charge is 2.42. The van der Waals surface area contributed by atoms with Crippen LogP contribution < -0.4 is 4.72 Å². The molecule has 0 radical (unpaired) electrons. The van der Waals surface area contributed by atoms with Crippen LogP contribution in [0.25, 0.3) is 0 Å². The topological polar surface area (TPSA) is 74.3 Å². The first-order chi connectivity index (χ1) is 11.1. The first-order valence-electron chi connectivity index (χ1n) is 7.88. The zero-order chi connectivity index (χ0) is 19.6. The molecule has 1 N–H and O–H groups in total. The highest BCUT2D eigenvalue weighted by atomic mass is 79.9. The van der Waals surface area contributed by atoms with Crippen molar-refractivity contribution in [1.82, 2.24) is 9.71 Å². The Bertz CT molecular complexity index is 631. The molecule has 25 heavy (non-hydrogen) atoms. The molecule has 1 aromatic heterocycles. The molecule has 0 unspecified atom stereocenters. The van der Waals surface area contributed by atoms with Gasteiger partial charge in [0, 0.05) is 11.4 Å². The van der Waals surface area contributed by atoms with Crippen molar-refractivity contribution in [2.45, 2.75) is 70.8 Å². The molecule has 8 heteroatoms. The van der Waals surface area contributed by atoms with Crippen molar-refractivity contribution in [2.24, 2.45) is 0 Å². The number of nitrogens with zero attached hydrogens (tertiary/aromatic N) is 1. The van der Waals surface area contributed by atoms with E-state index in [1.807, 2.05) is 0 Å². The first kappa shape index (κ1) is 22.3. The van der Waals surface area contributed by atoms with Crippen molar-refractivity contribution in [2.75, 3.05) is 0 Å². The number of rotatable bonds is 5. The largest absolute Gasteiger partial charge is 0.598 e. The Morgan fingerprint density at radius 3 is 2.32 bits per heavy atom. The molecule has 0 aliphatic heterocycles. The second-order valence-corrected chi connectivity index (χ2v) is 10.8. The van der Waals surface area contributed by atoms with Crippen molar-refractivity contribution in [1.29, 1.82) is 0 Å². The SMILES string of the molecule is CC(C)(C)OC(=O)C[C@](C)(N[S@+]([O-])C(C)(C)C)c1nc(Br)ccc1F. The van der Waals surface area contributed by atoms with Crippen molar-refractivity contribution >= 4 is 33.3 Å². The Balaban J connectivity index is 3.26. The van der Waals surface area contributed by atoms with E-state index < -0.39 is 39.0 Å². The molecule has 0 aliphatic rings. The molecule has 1 aromatic rings. The van der Waals surface area contributed by atoms with Crippen LogP contribution in [0.4, 0.5) is 4.39 Å². The lowest BCUT2D eigenvalue weighted by Gasteiger charge is -2.34. The van der Waals surface area contributed by atoms with Gasteiger partial charge in [-0.3, -0.25) is 4.79 Å². The Morgan fingerprint density at radius 2 is 1.84 bits per heavy atom. The Kier molecular flexibility index (Phi) is 7.06. The van der Waals surface area contributed by atoms with E-state index in [1.54, 1.807) is 48.5 Å². The molecular formula is C17H26BrFN2O3S. The number of ether oxygens (including phenoxy) is 1. The Hall–Kier alpha value is -0.700. The van der Waals surface area contributed by atoms with E-state index in [1.165, 1.54) is 12.1 Å². The van der Waals surface area contributed by atoms with Crippen LogP contribution in [0.3, 0.4) is 0 Å². The van der Waals surface area contributed by atoms with Crippen LogP contribution in [-0.4, -0.2) is 25.9 Å². The van der Waals surface area contributed by atoms with Gasteiger partial charge in [-0.15, -0.1) is 4.72 Å². The molecule has 2 atom stereocenters. The lowest BCUT2D eigenvalue weighted by Crippen LogP contribution is -2.52. The number of esters is 1. The van der Waals surface area contributed by atoms with Crippen LogP contribution in [-0.2, 0) is 26.4 Å². The van der Waals surface area contributed by atoms with E-state index in [9.17, 15) is 13.7 Å². The summed E-state index contributed by atoms with van der Waals surface area (Å²) in [4.78, 5) is 16.5. The van der Waals surface area contributed by atoms with Gasteiger partial charge in [0.2, 0.25) is 0 Å². The van der Waals surface area contributed by atoms with Crippen LogP contribution in [0.5, 0.6) is 0 Å². The molecule has 0 fully saturated rings. The van der Waals surface area contributed by atoms with E-state index in [0.29, 0.717) is 4.60 Å². The van der Waals surface area contributed by atoms with Gasteiger partial charge in [0.15, 0.2) is 0 Å². The minimum absolute atomic E-state index is 0.00494. The lowest BCUT2D eigenvalue weighted by molar-refractivity contribution is -0.156. The van der Waals surface area contributed by atoms with E-state index in [4.69, 9.17) is 4.74 Å². The highest BCUT2D eigenvalue weighted by molar-refractivity contribution is 9.10. The van der Waals surface area contributed by atoms with Gasteiger partial charge in [0.05, 0.1) is 6.42 Å². The molecule has 1 heterocycles. The summed E-state index contributed by atoms with van der Waals surface area (Å²) in [6.07, 6.45) is -0.216. The standard InChI is InChI=1S/C17H26BrFN2O3S/c1-15(2,3)24-13(22)10-17(7,21-25(23)16(4,5)6)14-11(19)8-9-12(18)20-14/h8-9,21H,10H2,1-7H3/t17-,25+/m0/s1. The smallest absolute Gasteiger partial charge is 0.308 e. The van der Waals surface area contributed by atoms with Crippen LogP contribution in [0.2, 0.25) is 0 Å². The summed E-state index contributed by atoms with van der Waals surface area (Å²) in [5.41, 5.74) is -1.97. The summed E-state index contributed by atoms with van der Waals surface area (Å²) < 4.78 is 35.1. The van der Waals surface area contributed by atoms with Crippen molar-refractivity contribution in [3.63, 3.8) is 0 Å². The quantitative estimate of drug-likeness (QED) is 0.429. The zero-order valence-electron chi connectivity index (χ0n) is 15.7. The number of hydrogen-bond donors (Lipinski definition) is 1. The van der Waals surface area contributed by atoms with Crippen LogP contribution in [0.1, 0.15) is 60.6 Å². The van der Waals surface area contributed by atoms with Gasteiger partial charge in [-0.1, -0.05) is 0 Å². The van der Waals surface area contributed by atoms with Gasteiger partial charge < -0.3 is 9.29 Å². The summed E-state index contributed by atoms with van der Waals surface area (Å²) in [5.74, 6) is -1.12. The predicted octanol–water partition coefficient (Wildman–Crippen LogP) is 3.98. The Morgan fingerprint density at radius 1 is 1.28 bits per heavy atom. The summed E-state index contributed by atoms with van der Waals surface area (Å²) in [5, 5.41) is 0. The first-order valence-corrected chi connectivity index (χ1v) is 9.82. The van der Waals surface area contributed by atoms with Crippen molar-refractivity contribution < 1.29 is 18.5 Å². The zero-order valence-corrected chi connectivity index (χ0v) is 18.1. The second-order valence-electron chi connectivity index (χ2n) is 8.04. The van der Waals surface area contributed by atoms with Crippen LogP contribution in [0, 0.1) is 5.82 Å². The highest BCUT2D eigenvalue weighted by Crippen LogP contribution is 2.31. The normalized spacial score (nSPS) is 16.2. The second kappa shape index (κ2) is 7.90. The molecule has 0 aromatic carbocycles. The number of halogens is 2. The summed E-state index contributed by atoms with van der Waals surface area (Å²) in [6, 6.07) is 2.72. The summed E-state index contributed by atoms with van der Waals surface area (Å²) in [7, 11) is 0. The van der Waals surface area contributed by atoms with Gasteiger partial charge in [-0.2, -0.15) is 0 Å². The maximum Gasteiger partial charge on any atom is 0.308 e. The average Bonchev–Trinajstić information content (AvgIpc) is 2.37. The van der Waals surface area contributed by atoms with Gasteiger partial charge >= 0.3 is 5.97 Å². The number of aromatic nitrogens is 1. The third-order valence-corrected chi connectivity index (χ3v) is 5.32. The Labute approximate surface area is 160 Å². The van der Waals surface area contributed by atoms with Gasteiger partial charge in [0.1, 0.15) is 32.0 Å². The van der Waals surface area contributed by atoms with Crippen LogP contribution >= 0.6 is 15.9 Å². The molecule has 0 bridgehead atoms.